The lowest BCUT2D eigenvalue weighted by Gasteiger charge is -2.60. The monoisotopic (exact) mass is 340 g/mol. The molecular formula is C16H24N2O6. The van der Waals surface area contributed by atoms with Crippen LogP contribution in [0.15, 0.2) is 0 Å². The molecule has 0 bridgehead atoms. The first-order valence-corrected chi connectivity index (χ1v) is 8.27. The maximum atomic E-state index is 13.0. The Labute approximate surface area is 141 Å². The number of rotatable bonds is 3. The van der Waals surface area contributed by atoms with Crippen molar-refractivity contribution in [1.29, 1.82) is 0 Å². The largest absolute Gasteiger partial charge is 0.469 e. The number of imide groups is 1. The number of methoxy groups -OCH3 is 1. The summed E-state index contributed by atoms with van der Waals surface area (Å²) in [6.45, 7) is 6.99. The highest BCUT2D eigenvalue weighted by Crippen LogP contribution is 2.54. The van der Waals surface area contributed by atoms with Gasteiger partial charge in [-0.2, -0.15) is 0 Å². The van der Waals surface area contributed by atoms with Crippen LogP contribution < -0.4 is 0 Å². The van der Waals surface area contributed by atoms with E-state index in [1.165, 1.54) is 7.11 Å². The number of ether oxygens (including phenoxy) is 3. The molecule has 0 radical (unpaired) electrons. The molecular weight excluding hydrogens is 316 g/mol. The van der Waals surface area contributed by atoms with Crippen molar-refractivity contribution in [2.75, 3.05) is 46.6 Å². The molecule has 134 valence electrons. The summed E-state index contributed by atoms with van der Waals surface area (Å²) in [6, 6.07) is -0.133. The Morgan fingerprint density at radius 3 is 2.38 bits per heavy atom. The fourth-order valence-corrected chi connectivity index (χ4v) is 4.36. The molecule has 0 aromatic carbocycles. The fraction of sp³-hybridized carbons (Fsp3) is 0.812. The van der Waals surface area contributed by atoms with Crippen LogP contribution in [0.4, 0.5) is 4.79 Å². The third-order valence-electron chi connectivity index (χ3n) is 5.47. The number of morpholine rings is 1. The second kappa shape index (κ2) is 6.33. The molecule has 0 unspecified atom stereocenters. The Balaban J connectivity index is 1.88. The molecule has 2 heterocycles. The number of esters is 1. The number of cyclic esters (lactones) is 1. The van der Waals surface area contributed by atoms with E-state index in [1.807, 2.05) is 13.8 Å². The standard InChI is InChI=1S/C16H24N2O6/c1-16(2)11(14(20)22-3)10(12(16)17-4-7-23-8-5-17)13(19)18-6-9-24-15(18)21/h10-12H,4-9H2,1-3H3/t10-,11+,12-/m0/s1. The zero-order chi connectivity index (χ0) is 17.5. The van der Waals surface area contributed by atoms with Crippen LogP contribution in [0, 0.1) is 17.3 Å². The van der Waals surface area contributed by atoms with Crippen molar-refractivity contribution in [3.63, 3.8) is 0 Å². The van der Waals surface area contributed by atoms with E-state index in [0.29, 0.717) is 26.3 Å². The molecule has 1 aliphatic carbocycles. The van der Waals surface area contributed by atoms with Crippen molar-refractivity contribution in [2.24, 2.45) is 17.3 Å². The van der Waals surface area contributed by atoms with Crippen molar-refractivity contribution in [3.8, 4) is 0 Å². The molecule has 3 rings (SSSR count). The summed E-state index contributed by atoms with van der Waals surface area (Å²) in [5, 5.41) is 0. The van der Waals surface area contributed by atoms with Gasteiger partial charge in [0.15, 0.2) is 0 Å². The smallest absolute Gasteiger partial charge is 0.416 e. The normalized spacial score (nSPS) is 32.9. The van der Waals surface area contributed by atoms with Crippen LogP contribution in [0.5, 0.6) is 0 Å². The lowest BCUT2D eigenvalue weighted by molar-refractivity contribution is -0.193. The van der Waals surface area contributed by atoms with Gasteiger partial charge in [-0.25, -0.2) is 9.69 Å². The number of amides is 2. The molecule has 8 nitrogen and oxygen atoms in total. The van der Waals surface area contributed by atoms with Crippen LogP contribution in [0.3, 0.4) is 0 Å². The van der Waals surface area contributed by atoms with E-state index in [9.17, 15) is 14.4 Å². The SMILES string of the molecule is COC(=O)[C@H]1[C@H](C(=O)N2CCOC2=O)[C@H](N2CCOCC2)C1(C)C. The number of hydrogen-bond acceptors (Lipinski definition) is 7. The van der Waals surface area contributed by atoms with Gasteiger partial charge in [0.2, 0.25) is 5.91 Å². The minimum atomic E-state index is -0.631. The summed E-state index contributed by atoms with van der Waals surface area (Å²) >= 11 is 0. The average molecular weight is 340 g/mol. The van der Waals surface area contributed by atoms with Gasteiger partial charge in [-0.3, -0.25) is 14.5 Å². The molecule has 2 amide bonds. The predicted molar refractivity (Wildman–Crippen MR) is 82.0 cm³/mol. The first-order chi connectivity index (χ1) is 11.4. The maximum Gasteiger partial charge on any atom is 0.416 e. The van der Waals surface area contributed by atoms with E-state index in [4.69, 9.17) is 14.2 Å². The summed E-state index contributed by atoms with van der Waals surface area (Å²) in [5.41, 5.74) is -0.422. The summed E-state index contributed by atoms with van der Waals surface area (Å²) < 4.78 is 15.2. The van der Waals surface area contributed by atoms with Gasteiger partial charge in [0.05, 0.1) is 38.7 Å². The highest BCUT2D eigenvalue weighted by atomic mass is 16.6. The highest BCUT2D eigenvalue weighted by molar-refractivity contribution is 5.98. The Hall–Kier alpha value is -1.67. The van der Waals surface area contributed by atoms with E-state index in [-0.39, 0.29) is 25.1 Å². The molecule has 2 saturated heterocycles. The minimum absolute atomic E-state index is 0.133. The van der Waals surface area contributed by atoms with Gasteiger partial charge < -0.3 is 14.2 Å². The van der Waals surface area contributed by atoms with Crippen LogP contribution >= 0.6 is 0 Å². The topological polar surface area (TPSA) is 85.4 Å². The number of carbonyl (C=O) groups excluding carboxylic acids is 3. The quantitative estimate of drug-likeness (QED) is 0.674. The predicted octanol–water partition coefficient (Wildman–Crippen LogP) is 0.111. The van der Waals surface area contributed by atoms with Crippen molar-refractivity contribution < 1.29 is 28.6 Å². The maximum absolute atomic E-state index is 13.0. The van der Waals surface area contributed by atoms with Gasteiger partial charge in [0.1, 0.15) is 6.61 Å². The summed E-state index contributed by atoms with van der Waals surface area (Å²) in [6.07, 6.45) is -0.631. The van der Waals surface area contributed by atoms with Crippen LogP contribution in [-0.2, 0) is 23.8 Å². The van der Waals surface area contributed by atoms with Gasteiger partial charge in [0, 0.05) is 19.1 Å². The summed E-state index contributed by atoms with van der Waals surface area (Å²) in [5.74, 6) is -1.92. The molecule has 0 N–H and O–H groups in total. The second-order valence-corrected chi connectivity index (χ2v) is 7.05. The highest BCUT2D eigenvalue weighted by Gasteiger charge is 2.65. The van der Waals surface area contributed by atoms with E-state index < -0.39 is 29.3 Å². The third-order valence-corrected chi connectivity index (χ3v) is 5.47. The van der Waals surface area contributed by atoms with E-state index in [1.54, 1.807) is 0 Å². The molecule has 1 saturated carbocycles. The summed E-state index contributed by atoms with van der Waals surface area (Å²) in [7, 11) is 1.33. The Morgan fingerprint density at radius 2 is 1.83 bits per heavy atom. The molecule has 8 heteroatoms. The molecule has 24 heavy (non-hydrogen) atoms. The molecule has 0 aromatic heterocycles. The van der Waals surface area contributed by atoms with E-state index in [0.717, 1.165) is 4.90 Å². The molecule has 2 aliphatic heterocycles. The Morgan fingerprint density at radius 1 is 1.17 bits per heavy atom. The second-order valence-electron chi connectivity index (χ2n) is 7.05. The first-order valence-electron chi connectivity index (χ1n) is 8.27. The van der Waals surface area contributed by atoms with Crippen molar-refractivity contribution in [3.05, 3.63) is 0 Å². The number of hydrogen-bond donors (Lipinski definition) is 0. The Bertz CT molecular complexity index is 543. The van der Waals surface area contributed by atoms with Crippen molar-refractivity contribution in [1.82, 2.24) is 9.80 Å². The van der Waals surface area contributed by atoms with Crippen LogP contribution in [0.2, 0.25) is 0 Å². The lowest BCUT2D eigenvalue weighted by Crippen LogP contribution is -2.72. The molecule has 3 atom stereocenters. The van der Waals surface area contributed by atoms with Gasteiger partial charge in [-0.05, 0) is 5.41 Å². The average Bonchev–Trinajstić information content (AvgIpc) is 2.99. The zero-order valence-electron chi connectivity index (χ0n) is 14.3. The van der Waals surface area contributed by atoms with Crippen LogP contribution in [0.25, 0.3) is 0 Å². The molecule has 3 aliphatic rings. The fourth-order valence-electron chi connectivity index (χ4n) is 4.36. The third kappa shape index (κ3) is 2.57. The lowest BCUT2D eigenvalue weighted by atomic mass is 9.50. The van der Waals surface area contributed by atoms with Crippen LogP contribution in [-0.4, -0.2) is 80.4 Å². The number of carbonyl (C=O) groups is 3. The van der Waals surface area contributed by atoms with Gasteiger partial charge in [-0.1, -0.05) is 13.8 Å². The first kappa shape index (κ1) is 17.2. The molecule has 0 aromatic rings. The van der Waals surface area contributed by atoms with Crippen LogP contribution in [0.1, 0.15) is 13.8 Å². The van der Waals surface area contributed by atoms with Gasteiger partial charge in [-0.15, -0.1) is 0 Å². The van der Waals surface area contributed by atoms with Gasteiger partial charge in [0.25, 0.3) is 0 Å². The molecule has 0 spiro atoms. The number of nitrogens with zero attached hydrogens (tertiary/aromatic N) is 2. The molecule has 3 fully saturated rings. The van der Waals surface area contributed by atoms with E-state index in [2.05, 4.69) is 4.90 Å². The summed E-state index contributed by atoms with van der Waals surface area (Å²) in [4.78, 5) is 40.4. The van der Waals surface area contributed by atoms with Crippen molar-refractivity contribution in [2.45, 2.75) is 19.9 Å². The Kier molecular flexibility index (Phi) is 4.52. The van der Waals surface area contributed by atoms with Crippen molar-refractivity contribution >= 4 is 18.0 Å². The zero-order valence-corrected chi connectivity index (χ0v) is 14.3. The minimum Gasteiger partial charge on any atom is -0.469 e. The van der Waals surface area contributed by atoms with E-state index >= 15 is 0 Å². The van der Waals surface area contributed by atoms with Gasteiger partial charge >= 0.3 is 12.1 Å².